The molecule has 8 nitrogen and oxygen atoms in total. The number of carbonyl (C=O) groups excluding carboxylic acids is 2. The summed E-state index contributed by atoms with van der Waals surface area (Å²) in [7, 11) is 1.55. The number of nitrogens with zero attached hydrogens (tertiary/aromatic N) is 1. The molecule has 2 N–H and O–H groups in total. The summed E-state index contributed by atoms with van der Waals surface area (Å²) in [6.45, 7) is 3.25. The van der Waals surface area contributed by atoms with E-state index < -0.39 is 5.97 Å². The van der Waals surface area contributed by atoms with Gasteiger partial charge in [-0.1, -0.05) is 0 Å². The van der Waals surface area contributed by atoms with Crippen LogP contribution in [0.5, 0.6) is 5.75 Å². The van der Waals surface area contributed by atoms with Crippen LogP contribution in [0.25, 0.3) is 0 Å². The van der Waals surface area contributed by atoms with Crippen LogP contribution in [0.1, 0.15) is 40.5 Å². The molecular weight excluding hydrogens is 400 g/mol. The summed E-state index contributed by atoms with van der Waals surface area (Å²) in [5, 5.41) is 12.4. The summed E-state index contributed by atoms with van der Waals surface area (Å²) in [6, 6.07) is 11.5. The van der Waals surface area contributed by atoms with Gasteiger partial charge in [0.15, 0.2) is 0 Å². The molecule has 1 aliphatic heterocycles. The summed E-state index contributed by atoms with van der Waals surface area (Å²) in [5.74, 6) is -1.14. The first-order valence-corrected chi connectivity index (χ1v) is 10.2. The van der Waals surface area contributed by atoms with Gasteiger partial charge in [0.2, 0.25) is 0 Å². The van der Waals surface area contributed by atoms with Crippen molar-refractivity contribution in [2.75, 3.05) is 37.0 Å². The number of esters is 1. The summed E-state index contributed by atoms with van der Waals surface area (Å²) >= 11 is 0. The van der Waals surface area contributed by atoms with E-state index in [2.05, 4.69) is 5.32 Å². The van der Waals surface area contributed by atoms with Crippen molar-refractivity contribution in [1.82, 2.24) is 0 Å². The molecule has 164 valence electrons. The maximum absolute atomic E-state index is 12.5. The number of anilines is 2. The lowest BCUT2D eigenvalue weighted by Gasteiger charge is -2.33. The number of piperidine rings is 1. The molecule has 0 radical (unpaired) electrons. The van der Waals surface area contributed by atoms with Gasteiger partial charge in [0.25, 0.3) is 5.91 Å². The first-order valence-electron chi connectivity index (χ1n) is 10.2. The smallest absolute Gasteiger partial charge is 0.337 e. The minimum atomic E-state index is -1.08. The number of ether oxygens (including phenoxy) is 2. The van der Waals surface area contributed by atoms with E-state index in [1.165, 1.54) is 6.07 Å². The topological polar surface area (TPSA) is 105 Å². The lowest BCUT2D eigenvalue weighted by molar-refractivity contribution is -0.148. The quantitative estimate of drug-likeness (QED) is 0.654. The molecule has 1 heterocycles. The van der Waals surface area contributed by atoms with E-state index >= 15 is 0 Å². The zero-order valence-corrected chi connectivity index (χ0v) is 17.6. The Kier molecular flexibility index (Phi) is 7.12. The van der Waals surface area contributed by atoms with E-state index in [1.807, 2.05) is 4.90 Å². The van der Waals surface area contributed by atoms with Gasteiger partial charge in [-0.3, -0.25) is 9.59 Å². The van der Waals surface area contributed by atoms with Gasteiger partial charge in [-0.25, -0.2) is 4.79 Å². The molecule has 0 spiro atoms. The fourth-order valence-electron chi connectivity index (χ4n) is 3.62. The zero-order valence-electron chi connectivity index (χ0n) is 17.6. The average molecular weight is 426 g/mol. The number of rotatable bonds is 7. The van der Waals surface area contributed by atoms with Crippen molar-refractivity contribution in [2.24, 2.45) is 5.92 Å². The highest BCUT2D eigenvalue weighted by Gasteiger charge is 2.28. The Bertz CT molecular complexity index is 949. The lowest BCUT2D eigenvalue weighted by Crippen LogP contribution is -2.37. The molecular formula is C23H26N2O6. The third-order valence-electron chi connectivity index (χ3n) is 5.29. The van der Waals surface area contributed by atoms with Gasteiger partial charge in [-0.2, -0.15) is 0 Å². The van der Waals surface area contributed by atoms with Gasteiger partial charge in [0.05, 0.1) is 30.9 Å². The van der Waals surface area contributed by atoms with E-state index in [1.54, 1.807) is 50.4 Å². The first kappa shape index (κ1) is 22.1. The van der Waals surface area contributed by atoms with Crippen molar-refractivity contribution in [3.63, 3.8) is 0 Å². The van der Waals surface area contributed by atoms with E-state index in [-0.39, 0.29) is 23.4 Å². The molecule has 1 aliphatic rings. The van der Waals surface area contributed by atoms with Gasteiger partial charge >= 0.3 is 11.9 Å². The Balaban J connectivity index is 1.72. The minimum Gasteiger partial charge on any atom is -0.497 e. The highest BCUT2D eigenvalue weighted by atomic mass is 16.5. The summed E-state index contributed by atoms with van der Waals surface area (Å²) in [4.78, 5) is 38.2. The maximum atomic E-state index is 12.5. The fraction of sp³-hybridized carbons (Fsp3) is 0.348. The maximum Gasteiger partial charge on any atom is 0.337 e. The molecule has 1 amide bonds. The second-order valence-corrected chi connectivity index (χ2v) is 7.23. The second-order valence-electron chi connectivity index (χ2n) is 7.23. The molecule has 0 bridgehead atoms. The monoisotopic (exact) mass is 426 g/mol. The number of nitrogens with one attached hydrogen (secondary N) is 1. The number of carboxylic acid groups (broad SMARTS) is 1. The fourth-order valence-corrected chi connectivity index (χ4v) is 3.62. The van der Waals surface area contributed by atoms with Crippen LogP contribution in [0.2, 0.25) is 0 Å². The second kappa shape index (κ2) is 9.97. The molecule has 0 atom stereocenters. The highest BCUT2D eigenvalue weighted by Crippen LogP contribution is 2.29. The van der Waals surface area contributed by atoms with E-state index in [0.717, 1.165) is 0 Å². The number of carbonyl (C=O) groups is 3. The normalized spacial score (nSPS) is 14.1. The number of methoxy groups -OCH3 is 1. The van der Waals surface area contributed by atoms with Crippen molar-refractivity contribution in [3.05, 3.63) is 53.6 Å². The highest BCUT2D eigenvalue weighted by molar-refractivity contribution is 6.05. The molecule has 8 heteroatoms. The molecule has 3 rings (SSSR count). The molecule has 1 saturated heterocycles. The third-order valence-corrected chi connectivity index (χ3v) is 5.29. The minimum absolute atomic E-state index is 0.0992. The van der Waals surface area contributed by atoms with E-state index in [9.17, 15) is 19.5 Å². The van der Waals surface area contributed by atoms with E-state index in [0.29, 0.717) is 55.2 Å². The Morgan fingerprint density at radius 3 is 2.35 bits per heavy atom. The van der Waals surface area contributed by atoms with Crippen LogP contribution >= 0.6 is 0 Å². The van der Waals surface area contributed by atoms with Gasteiger partial charge in [-0.05, 0) is 62.2 Å². The number of aromatic carboxylic acids is 1. The molecule has 1 fully saturated rings. The van der Waals surface area contributed by atoms with Gasteiger partial charge in [0.1, 0.15) is 5.75 Å². The van der Waals surface area contributed by atoms with Crippen LogP contribution in [0.15, 0.2) is 42.5 Å². The van der Waals surface area contributed by atoms with Crippen molar-refractivity contribution in [1.29, 1.82) is 0 Å². The molecule has 0 aromatic heterocycles. The number of hydrogen-bond donors (Lipinski definition) is 2. The van der Waals surface area contributed by atoms with Crippen LogP contribution in [0.4, 0.5) is 11.4 Å². The average Bonchev–Trinajstić information content (AvgIpc) is 2.79. The largest absolute Gasteiger partial charge is 0.497 e. The first-order chi connectivity index (χ1) is 14.9. The van der Waals surface area contributed by atoms with E-state index in [4.69, 9.17) is 9.47 Å². The van der Waals surface area contributed by atoms with Crippen molar-refractivity contribution in [3.8, 4) is 5.75 Å². The standard InChI is InChI=1S/C23H26N2O6/c1-3-31-23(29)16-10-12-25(13-11-16)20-9-6-17(14-19(20)22(27)28)24-21(26)15-4-7-18(30-2)8-5-15/h4-9,14,16H,3,10-13H2,1-2H3,(H,24,26)(H,27,28). The zero-order chi connectivity index (χ0) is 22.4. The van der Waals surface area contributed by atoms with Crippen molar-refractivity contribution < 1.29 is 29.0 Å². The predicted molar refractivity (Wildman–Crippen MR) is 116 cm³/mol. The van der Waals surface area contributed by atoms with Crippen molar-refractivity contribution >= 4 is 29.2 Å². The third kappa shape index (κ3) is 5.33. The van der Waals surface area contributed by atoms with Crippen LogP contribution in [0.3, 0.4) is 0 Å². The van der Waals surface area contributed by atoms with Crippen LogP contribution in [-0.2, 0) is 9.53 Å². The molecule has 31 heavy (non-hydrogen) atoms. The van der Waals surface area contributed by atoms with Gasteiger partial charge in [-0.15, -0.1) is 0 Å². The van der Waals surface area contributed by atoms with Crippen LogP contribution < -0.4 is 15.0 Å². The number of hydrogen-bond acceptors (Lipinski definition) is 6. The van der Waals surface area contributed by atoms with Crippen LogP contribution in [-0.4, -0.2) is 49.8 Å². The Morgan fingerprint density at radius 1 is 1.10 bits per heavy atom. The summed E-state index contributed by atoms with van der Waals surface area (Å²) in [5.41, 5.74) is 1.49. The molecule has 0 aliphatic carbocycles. The molecule has 0 saturated carbocycles. The van der Waals surface area contributed by atoms with Crippen LogP contribution in [0, 0.1) is 5.92 Å². The Labute approximate surface area is 180 Å². The predicted octanol–water partition coefficient (Wildman–Crippen LogP) is 3.43. The Morgan fingerprint density at radius 2 is 1.77 bits per heavy atom. The number of amides is 1. The van der Waals surface area contributed by atoms with Gasteiger partial charge in [0, 0.05) is 24.3 Å². The number of benzene rings is 2. The Hall–Kier alpha value is -3.55. The van der Waals surface area contributed by atoms with Crippen molar-refractivity contribution in [2.45, 2.75) is 19.8 Å². The summed E-state index contributed by atoms with van der Waals surface area (Å²) in [6.07, 6.45) is 1.21. The SMILES string of the molecule is CCOC(=O)C1CCN(c2ccc(NC(=O)c3ccc(OC)cc3)cc2C(=O)O)CC1. The van der Waals surface area contributed by atoms with Gasteiger partial charge < -0.3 is 24.8 Å². The lowest BCUT2D eigenvalue weighted by atomic mass is 9.96. The molecule has 0 unspecified atom stereocenters. The summed E-state index contributed by atoms with van der Waals surface area (Å²) < 4.78 is 10.2. The molecule has 2 aromatic rings. The number of carboxylic acids is 1. The molecule has 2 aromatic carbocycles.